The van der Waals surface area contributed by atoms with Crippen molar-refractivity contribution in [2.45, 2.75) is 6.54 Å². The number of amides is 2. The maximum atomic E-state index is 12.2. The predicted octanol–water partition coefficient (Wildman–Crippen LogP) is 0.594. The fourth-order valence-electron chi connectivity index (χ4n) is 2.77. The quantitative estimate of drug-likeness (QED) is 0.876. The van der Waals surface area contributed by atoms with E-state index in [1.165, 1.54) is 18.6 Å². The first-order valence-corrected chi connectivity index (χ1v) is 7.92. The van der Waals surface area contributed by atoms with Gasteiger partial charge in [0.15, 0.2) is 11.5 Å². The summed E-state index contributed by atoms with van der Waals surface area (Å²) in [6, 6.07) is 5.57. The molecule has 3 heterocycles. The van der Waals surface area contributed by atoms with Crippen molar-refractivity contribution in [1.82, 2.24) is 20.2 Å². The molecular weight excluding hydrogens is 324 g/mol. The number of nitrogens with one attached hydrogen (secondary N) is 1. The Labute approximate surface area is 143 Å². The highest BCUT2D eigenvalue weighted by Crippen LogP contribution is 2.32. The molecule has 2 aliphatic rings. The van der Waals surface area contributed by atoms with E-state index in [1.54, 1.807) is 4.90 Å². The molecular formula is C17H16N4O4. The third kappa shape index (κ3) is 3.10. The first-order valence-electron chi connectivity index (χ1n) is 7.92. The lowest BCUT2D eigenvalue weighted by Gasteiger charge is -2.37. The second-order valence-electron chi connectivity index (χ2n) is 5.90. The first-order chi connectivity index (χ1) is 12.2. The minimum atomic E-state index is -0.201. The first kappa shape index (κ1) is 15.4. The highest BCUT2D eigenvalue weighted by atomic mass is 16.7. The van der Waals surface area contributed by atoms with Crippen LogP contribution < -0.4 is 14.8 Å². The monoisotopic (exact) mass is 340 g/mol. The van der Waals surface area contributed by atoms with Gasteiger partial charge in [0.05, 0.1) is 12.1 Å². The maximum absolute atomic E-state index is 12.2. The molecule has 2 amide bonds. The average molecular weight is 340 g/mol. The van der Waals surface area contributed by atoms with E-state index in [1.807, 2.05) is 18.2 Å². The number of carbonyl (C=O) groups is 2. The van der Waals surface area contributed by atoms with Crippen molar-refractivity contribution in [3.8, 4) is 11.5 Å². The summed E-state index contributed by atoms with van der Waals surface area (Å²) in [7, 11) is 0. The molecule has 1 fully saturated rings. The molecule has 0 saturated carbocycles. The zero-order valence-corrected chi connectivity index (χ0v) is 13.3. The molecule has 8 heteroatoms. The molecule has 128 valence electrons. The Balaban J connectivity index is 1.27. The van der Waals surface area contributed by atoms with E-state index in [0.29, 0.717) is 36.8 Å². The summed E-state index contributed by atoms with van der Waals surface area (Å²) < 4.78 is 10.6. The van der Waals surface area contributed by atoms with Gasteiger partial charge in [-0.15, -0.1) is 0 Å². The zero-order chi connectivity index (χ0) is 17.2. The van der Waals surface area contributed by atoms with Gasteiger partial charge in [0.25, 0.3) is 5.91 Å². The summed E-state index contributed by atoms with van der Waals surface area (Å²) in [5.41, 5.74) is 1.23. The molecule has 0 bridgehead atoms. The second-order valence-corrected chi connectivity index (χ2v) is 5.90. The Bertz CT molecular complexity index is 806. The fourth-order valence-corrected chi connectivity index (χ4v) is 2.77. The van der Waals surface area contributed by atoms with Crippen LogP contribution in [0, 0.1) is 5.92 Å². The summed E-state index contributed by atoms with van der Waals surface area (Å²) in [4.78, 5) is 33.8. The van der Waals surface area contributed by atoms with Crippen molar-refractivity contribution in [3.05, 3.63) is 48.0 Å². The standard InChI is InChI=1S/C17H16N4O4/c22-16(20-6-11-1-2-14-15(5-11)25-10-24-14)12-8-21(9-12)17(23)13-7-18-3-4-19-13/h1-5,7,12H,6,8-10H2,(H,20,22). The lowest BCUT2D eigenvalue weighted by molar-refractivity contribution is -0.129. The number of likely N-dealkylation sites (tertiary alicyclic amines) is 1. The van der Waals surface area contributed by atoms with Gasteiger partial charge in [0.1, 0.15) is 5.69 Å². The smallest absolute Gasteiger partial charge is 0.274 e. The number of ether oxygens (including phenoxy) is 2. The van der Waals surface area contributed by atoms with Crippen molar-refractivity contribution in [2.75, 3.05) is 19.9 Å². The van der Waals surface area contributed by atoms with Gasteiger partial charge in [0.2, 0.25) is 12.7 Å². The molecule has 25 heavy (non-hydrogen) atoms. The molecule has 4 rings (SSSR count). The third-order valence-corrected chi connectivity index (χ3v) is 4.23. The molecule has 1 N–H and O–H groups in total. The molecule has 0 aliphatic carbocycles. The molecule has 0 unspecified atom stereocenters. The van der Waals surface area contributed by atoms with Crippen LogP contribution >= 0.6 is 0 Å². The molecule has 2 aromatic rings. The number of aromatic nitrogens is 2. The van der Waals surface area contributed by atoms with Crippen LogP contribution in [0.4, 0.5) is 0 Å². The Morgan fingerprint density at radius 2 is 2.04 bits per heavy atom. The Kier molecular flexibility index (Phi) is 3.93. The van der Waals surface area contributed by atoms with Gasteiger partial charge in [-0.3, -0.25) is 14.6 Å². The maximum Gasteiger partial charge on any atom is 0.274 e. The third-order valence-electron chi connectivity index (χ3n) is 4.23. The lowest BCUT2D eigenvalue weighted by atomic mass is 9.98. The van der Waals surface area contributed by atoms with Gasteiger partial charge >= 0.3 is 0 Å². The van der Waals surface area contributed by atoms with Crippen LogP contribution in [0.3, 0.4) is 0 Å². The lowest BCUT2D eigenvalue weighted by Crippen LogP contribution is -2.55. The minimum Gasteiger partial charge on any atom is -0.454 e. The molecule has 1 saturated heterocycles. The summed E-state index contributed by atoms with van der Waals surface area (Å²) in [6.07, 6.45) is 4.41. The summed E-state index contributed by atoms with van der Waals surface area (Å²) in [5.74, 6) is 0.937. The Morgan fingerprint density at radius 1 is 1.20 bits per heavy atom. The normalized spacial score (nSPS) is 15.6. The number of benzene rings is 1. The number of nitrogens with zero attached hydrogens (tertiary/aromatic N) is 3. The van der Waals surface area contributed by atoms with E-state index < -0.39 is 0 Å². The minimum absolute atomic E-state index is 0.0686. The summed E-state index contributed by atoms with van der Waals surface area (Å²) in [6.45, 7) is 1.41. The fraction of sp³-hybridized carbons (Fsp3) is 0.294. The molecule has 1 aromatic heterocycles. The zero-order valence-electron chi connectivity index (χ0n) is 13.3. The van der Waals surface area contributed by atoms with Gasteiger partial charge in [-0.1, -0.05) is 6.07 Å². The van der Waals surface area contributed by atoms with Crippen LogP contribution in [-0.4, -0.2) is 46.6 Å². The summed E-state index contributed by atoms with van der Waals surface area (Å²) >= 11 is 0. The van der Waals surface area contributed by atoms with E-state index in [0.717, 1.165) is 5.56 Å². The second kappa shape index (κ2) is 6.39. The highest BCUT2D eigenvalue weighted by Gasteiger charge is 2.36. The molecule has 0 spiro atoms. The molecule has 8 nitrogen and oxygen atoms in total. The largest absolute Gasteiger partial charge is 0.454 e. The van der Waals surface area contributed by atoms with E-state index in [9.17, 15) is 9.59 Å². The van der Waals surface area contributed by atoms with E-state index >= 15 is 0 Å². The van der Waals surface area contributed by atoms with Crippen molar-refractivity contribution in [2.24, 2.45) is 5.92 Å². The average Bonchev–Trinajstić information content (AvgIpc) is 3.07. The SMILES string of the molecule is O=C(NCc1ccc2c(c1)OCO2)C1CN(C(=O)c2cnccn2)C1. The number of hydrogen-bond donors (Lipinski definition) is 1. The Morgan fingerprint density at radius 3 is 2.84 bits per heavy atom. The van der Waals surface area contributed by atoms with E-state index in [2.05, 4.69) is 15.3 Å². The van der Waals surface area contributed by atoms with E-state index in [4.69, 9.17) is 9.47 Å². The van der Waals surface area contributed by atoms with Gasteiger partial charge in [0, 0.05) is 32.0 Å². The predicted molar refractivity (Wildman–Crippen MR) is 85.8 cm³/mol. The number of fused-ring (bicyclic) bond motifs is 1. The van der Waals surface area contributed by atoms with Gasteiger partial charge < -0.3 is 19.7 Å². The van der Waals surface area contributed by atoms with Crippen LogP contribution in [0.15, 0.2) is 36.8 Å². The van der Waals surface area contributed by atoms with Crippen LogP contribution in [0.25, 0.3) is 0 Å². The van der Waals surface area contributed by atoms with Crippen molar-refractivity contribution < 1.29 is 19.1 Å². The van der Waals surface area contributed by atoms with Gasteiger partial charge in [-0.05, 0) is 17.7 Å². The number of hydrogen-bond acceptors (Lipinski definition) is 6. The molecule has 2 aliphatic heterocycles. The van der Waals surface area contributed by atoms with Crippen LogP contribution in [-0.2, 0) is 11.3 Å². The topological polar surface area (TPSA) is 93.7 Å². The van der Waals surface area contributed by atoms with Crippen molar-refractivity contribution in [3.63, 3.8) is 0 Å². The van der Waals surface area contributed by atoms with E-state index in [-0.39, 0.29) is 24.5 Å². The van der Waals surface area contributed by atoms with Gasteiger partial charge in [-0.25, -0.2) is 4.98 Å². The molecule has 0 atom stereocenters. The van der Waals surface area contributed by atoms with Crippen LogP contribution in [0.1, 0.15) is 16.1 Å². The molecule has 1 aromatic carbocycles. The van der Waals surface area contributed by atoms with Gasteiger partial charge in [-0.2, -0.15) is 0 Å². The summed E-state index contributed by atoms with van der Waals surface area (Å²) in [5, 5.41) is 2.89. The van der Waals surface area contributed by atoms with Crippen LogP contribution in [0.5, 0.6) is 11.5 Å². The van der Waals surface area contributed by atoms with Crippen LogP contribution in [0.2, 0.25) is 0 Å². The number of carbonyl (C=O) groups excluding carboxylic acids is 2. The highest BCUT2D eigenvalue weighted by molar-refractivity contribution is 5.94. The Hall–Kier alpha value is -3.16. The number of rotatable bonds is 4. The molecule has 0 radical (unpaired) electrons. The van der Waals surface area contributed by atoms with Crippen molar-refractivity contribution >= 4 is 11.8 Å². The van der Waals surface area contributed by atoms with Crippen molar-refractivity contribution in [1.29, 1.82) is 0 Å².